The third-order valence-corrected chi connectivity index (χ3v) is 15.1. The maximum Gasteiger partial charge on any atom is 0.416 e. The number of hydrogen-bond acceptors (Lipinski definition) is 8. The zero-order chi connectivity index (χ0) is 50.7. The molecular formula is C52H52F4N10O6. The minimum Gasteiger partial charge on any atom is -0.371 e. The number of rotatable bonds is 11. The predicted octanol–water partition coefficient (Wildman–Crippen LogP) is 7.45. The number of halogens is 4. The highest BCUT2D eigenvalue weighted by Crippen LogP contribution is 2.42. The van der Waals surface area contributed by atoms with E-state index in [0.29, 0.717) is 53.2 Å². The number of alkyl halides is 3. The molecule has 4 aromatic carbocycles. The van der Waals surface area contributed by atoms with Crippen LogP contribution in [0.4, 0.5) is 28.9 Å². The van der Waals surface area contributed by atoms with Crippen molar-refractivity contribution in [2.75, 3.05) is 23.3 Å². The van der Waals surface area contributed by atoms with Crippen LogP contribution in [-0.2, 0) is 36.4 Å². The summed E-state index contributed by atoms with van der Waals surface area (Å²) in [5, 5.41) is 9.13. The lowest BCUT2D eigenvalue weighted by molar-refractivity contribution is -0.138. The number of carbonyl (C=O) groups is 4. The molecule has 5 heterocycles. The molecule has 4 amide bonds. The van der Waals surface area contributed by atoms with Gasteiger partial charge in [-0.05, 0) is 129 Å². The molecule has 20 heteroatoms. The molecule has 3 fully saturated rings. The van der Waals surface area contributed by atoms with Gasteiger partial charge in [-0.2, -0.15) is 18.3 Å². The summed E-state index contributed by atoms with van der Waals surface area (Å²) < 4.78 is 65.5. The average Bonchev–Trinajstić information content (AvgIpc) is 3.99. The van der Waals surface area contributed by atoms with Crippen molar-refractivity contribution in [2.24, 2.45) is 37.6 Å². The fraction of sp³-hybridized carbons (Fsp3) is 0.365. The van der Waals surface area contributed by atoms with Gasteiger partial charge in [0, 0.05) is 62.6 Å². The normalized spacial score (nSPS) is 19.0. The van der Waals surface area contributed by atoms with Gasteiger partial charge in [-0.1, -0.05) is 25.0 Å². The zero-order valence-electron chi connectivity index (χ0n) is 39.5. The van der Waals surface area contributed by atoms with Gasteiger partial charge in [-0.25, -0.2) is 23.2 Å². The number of nitrogens with two attached hydrogens (primary N) is 1. The Labute approximate surface area is 409 Å². The van der Waals surface area contributed by atoms with Crippen LogP contribution in [0.1, 0.15) is 90.1 Å². The predicted molar refractivity (Wildman–Crippen MR) is 261 cm³/mol. The molecule has 0 radical (unpaired) electrons. The summed E-state index contributed by atoms with van der Waals surface area (Å²) in [5.74, 6) is -2.34. The van der Waals surface area contributed by atoms with E-state index in [1.165, 1.54) is 33.3 Å². The number of carbonyl (C=O) groups excluding carboxylic acids is 4. The van der Waals surface area contributed by atoms with Crippen molar-refractivity contribution in [3.8, 4) is 16.9 Å². The van der Waals surface area contributed by atoms with E-state index in [1.54, 1.807) is 41.9 Å². The number of benzene rings is 4. The number of imidazole rings is 1. The van der Waals surface area contributed by atoms with E-state index in [1.807, 2.05) is 22.8 Å². The molecule has 4 N–H and O–H groups in total. The maximum atomic E-state index is 14.5. The summed E-state index contributed by atoms with van der Waals surface area (Å²) >= 11 is 0. The van der Waals surface area contributed by atoms with Crippen molar-refractivity contribution in [2.45, 2.75) is 76.6 Å². The molecule has 72 heavy (non-hydrogen) atoms. The minimum atomic E-state index is -4.81. The van der Waals surface area contributed by atoms with Crippen LogP contribution < -0.4 is 32.6 Å². The van der Waals surface area contributed by atoms with Crippen LogP contribution in [0.15, 0.2) is 94.8 Å². The molecule has 0 bridgehead atoms. The highest BCUT2D eigenvalue weighted by molar-refractivity contribution is 6.13. The van der Waals surface area contributed by atoms with Crippen molar-refractivity contribution in [3.05, 3.63) is 129 Å². The second kappa shape index (κ2) is 18.8. The Bertz CT molecular complexity index is 3420. The summed E-state index contributed by atoms with van der Waals surface area (Å²) in [7, 11) is 3.22. The van der Waals surface area contributed by atoms with E-state index in [4.69, 9.17) is 5.73 Å². The van der Waals surface area contributed by atoms with Crippen LogP contribution >= 0.6 is 0 Å². The molecular weight excluding hydrogens is 937 g/mol. The van der Waals surface area contributed by atoms with Crippen LogP contribution in [0.5, 0.6) is 0 Å². The van der Waals surface area contributed by atoms with E-state index in [-0.39, 0.29) is 52.3 Å². The molecule has 1 unspecified atom stereocenters. The quantitative estimate of drug-likeness (QED) is 0.0879. The Morgan fingerprint density at radius 1 is 0.792 bits per heavy atom. The molecule has 1 saturated carbocycles. The number of fused-ring (bicyclic) bond motifs is 2. The van der Waals surface area contributed by atoms with Crippen LogP contribution in [0.2, 0.25) is 0 Å². The summed E-state index contributed by atoms with van der Waals surface area (Å²) in [6.45, 7) is 2.07. The first-order valence-corrected chi connectivity index (χ1v) is 24.1. The van der Waals surface area contributed by atoms with Crippen LogP contribution in [0, 0.1) is 23.6 Å². The molecule has 2 saturated heterocycles. The second-order valence-electron chi connectivity index (χ2n) is 19.4. The Balaban J connectivity index is 0.869. The molecule has 0 spiro atoms. The van der Waals surface area contributed by atoms with Gasteiger partial charge in [-0.15, -0.1) is 0 Å². The van der Waals surface area contributed by atoms with E-state index in [9.17, 15) is 46.3 Å². The highest BCUT2D eigenvalue weighted by atomic mass is 19.4. The molecule has 10 rings (SSSR count). The SMILES string of the molecule is Cn1ncn(-c2ccc(-c3cc4cc(C(F)(F)F)cc(C(=O)Nc5ccc(F)c(C(N)=O)c5)c4n3CCC3CCC(C4CCN(c5ccc6c(c5)n(C)c(=O)n6C5CCC(=O)NC5=O)CC4)CC3)cc2)c1=O. The monoisotopic (exact) mass is 988 g/mol. The third-order valence-electron chi connectivity index (χ3n) is 15.1. The summed E-state index contributed by atoms with van der Waals surface area (Å²) in [6, 6.07) is 18.8. The number of aromatic nitrogens is 6. The minimum absolute atomic E-state index is 0.0309. The topological polar surface area (TPSA) is 193 Å². The van der Waals surface area contributed by atoms with Gasteiger partial charge in [0.15, 0.2) is 0 Å². The van der Waals surface area contributed by atoms with Crippen LogP contribution in [-0.4, -0.2) is 64.8 Å². The number of nitrogens with one attached hydrogen (secondary N) is 2. The lowest BCUT2D eigenvalue weighted by Gasteiger charge is -2.40. The van der Waals surface area contributed by atoms with E-state index < -0.39 is 46.9 Å². The van der Waals surface area contributed by atoms with Gasteiger partial charge in [-0.3, -0.25) is 33.6 Å². The molecule has 3 aromatic heterocycles. The number of amides is 4. The van der Waals surface area contributed by atoms with E-state index in [2.05, 4.69) is 20.6 Å². The molecule has 7 aromatic rings. The molecule has 3 aliphatic rings. The largest absolute Gasteiger partial charge is 0.416 e. The van der Waals surface area contributed by atoms with Gasteiger partial charge in [0.1, 0.15) is 18.2 Å². The van der Waals surface area contributed by atoms with Crippen molar-refractivity contribution >= 4 is 56.9 Å². The summed E-state index contributed by atoms with van der Waals surface area (Å²) in [4.78, 5) is 79.0. The fourth-order valence-corrected chi connectivity index (χ4v) is 11.2. The van der Waals surface area contributed by atoms with Crippen molar-refractivity contribution in [1.82, 2.24) is 33.4 Å². The summed E-state index contributed by atoms with van der Waals surface area (Å²) in [6.07, 6.45) is 3.68. The van der Waals surface area contributed by atoms with Crippen molar-refractivity contribution < 1.29 is 36.7 Å². The number of nitrogens with zero attached hydrogens (tertiary/aromatic N) is 7. The van der Waals surface area contributed by atoms with Crippen molar-refractivity contribution in [3.63, 3.8) is 0 Å². The van der Waals surface area contributed by atoms with Gasteiger partial charge in [0.25, 0.3) is 11.8 Å². The lowest BCUT2D eigenvalue weighted by Crippen LogP contribution is -2.44. The molecule has 2 aliphatic heterocycles. The number of piperidine rings is 2. The highest BCUT2D eigenvalue weighted by Gasteiger charge is 2.35. The van der Waals surface area contributed by atoms with Gasteiger partial charge >= 0.3 is 17.6 Å². The van der Waals surface area contributed by atoms with Gasteiger partial charge in [0.2, 0.25) is 11.8 Å². The maximum absolute atomic E-state index is 14.5. The van der Waals surface area contributed by atoms with Crippen LogP contribution in [0.3, 0.4) is 0 Å². The average molecular weight is 989 g/mol. The van der Waals surface area contributed by atoms with Crippen molar-refractivity contribution in [1.29, 1.82) is 0 Å². The Morgan fingerprint density at radius 3 is 2.17 bits per heavy atom. The smallest absolute Gasteiger partial charge is 0.371 e. The number of imide groups is 1. The van der Waals surface area contributed by atoms with E-state index >= 15 is 0 Å². The number of anilines is 2. The number of primary amides is 1. The zero-order valence-corrected chi connectivity index (χ0v) is 39.5. The molecule has 16 nitrogen and oxygen atoms in total. The summed E-state index contributed by atoms with van der Waals surface area (Å²) in [5.41, 5.74) is 7.22. The first kappa shape index (κ1) is 47.9. The fourth-order valence-electron chi connectivity index (χ4n) is 11.2. The lowest BCUT2D eigenvalue weighted by atomic mass is 9.72. The first-order valence-electron chi connectivity index (χ1n) is 24.1. The Morgan fingerprint density at radius 2 is 1.50 bits per heavy atom. The molecule has 1 atom stereocenters. The second-order valence-corrected chi connectivity index (χ2v) is 19.4. The molecule has 1 aliphatic carbocycles. The number of hydrogen-bond donors (Lipinski definition) is 3. The Hall–Kier alpha value is -7.77. The number of aryl methyl sites for hydroxylation is 3. The van der Waals surface area contributed by atoms with Crippen LogP contribution in [0.25, 0.3) is 38.9 Å². The van der Waals surface area contributed by atoms with E-state index in [0.717, 1.165) is 87.1 Å². The Kier molecular flexibility index (Phi) is 12.5. The van der Waals surface area contributed by atoms with Gasteiger partial charge < -0.3 is 20.5 Å². The standard InChI is InChI=1S/C52H52F4N10O6/c1-61-44-27-37(12-14-41(44)66(50(61)71)42-15-16-45(67)60-49(42)70)63-20-18-31(19-21-63)30-5-3-29(4-6-30)17-22-64-43(32-7-10-36(11-8-32)65-28-58-62(2)51(65)72)24-33-23-34(52(54,55)56)25-39(46(33)64)48(69)59-35-9-13-40(53)38(26-35)47(57)68/h7-14,23-31,42H,3-6,15-22H2,1-2H3,(H2,57,68)(H,59,69)(H,60,67,70). The molecule has 374 valence electrons. The first-order chi connectivity index (χ1) is 34.4. The van der Waals surface area contributed by atoms with Gasteiger partial charge in [0.05, 0.1) is 38.9 Å². The third kappa shape index (κ3) is 8.98.